The maximum absolute atomic E-state index is 13.3. The van der Waals surface area contributed by atoms with Gasteiger partial charge in [-0.1, -0.05) is 12.1 Å². The van der Waals surface area contributed by atoms with E-state index in [1.165, 1.54) is 24.3 Å². The van der Waals surface area contributed by atoms with Gasteiger partial charge in [-0.3, -0.25) is 19.4 Å². The fourth-order valence-corrected chi connectivity index (χ4v) is 5.22. The van der Waals surface area contributed by atoms with Gasteiger partial charge in [-0.05, 0) is 57.2 Å². The number of rotatable bonds is 5. The smallest absolute Gasteiger partial charge is 0.325 e. The number of urea groups is 1. The Morgan fingerprint density at radius 3 is 2.33 bits per heavy atom. The molecule has 0 aliphatic carbocycles. The largest absolute Gasteiger partial charge is 0.373 e. The van der Waals surface area contributed by atoms with Crippen LogP contribution < -0.4 is 5.32 Å². The molecule has 8 nitrogen and oxygen atoms in total. The molecule has 3 atom stereocenters. The topological polar surface area (TPSA) is 82.2 Å². The van der Waals surface area contributed by atoms with Crippen LogP contribution >= 0.6 is 0 Å². The number of carbonyl (C=O) groups is 3. The molecule has 3 unspecified atom stereocenters. The van der Waals surface area contributed by atoms with Crippen LogP contribution in [0, 0.1) is 11.7 Å². The second-order valence-electron chi connectivity index (χ2n) is 9.75. The monoisotopic (exact) mass is 460 g/mol. The lowest BCUT2D eigenvalue weighted by Gasteiger charge is -2.39. The normalized spacial score (nSPS) is 29.5. The van der Waals surface area contributed by atoms with Crippen LogP contribution in [0.2, 0.25) is 0 Å². The summed E-state index contributed by atoms with van der Waals surface area (Å²) < 4.78 is 19.1. The number of hydrogen-bond acceptors (Lipinski definition) is 5. The molecule has 3 heterocycles. The highest BCUT2D eigenvalue weighted by atomic mass is 19.1. The molecule has 1 N–H and O–H groups in total. The minimum absolute atomic E-state index is 0.228. The second-order valence-corrected chi connectivity index (χ2v) is 9.75. The molecule has 9 heteroatoms. The first-order valence-electron chi connectivity index (χ1n) is 11.7. The lowest BCUT2D eigenvalue weighted by molar-refractivity contribution is -0.139. The predicted octanol–water partition coefficient (Wildman–Crippen LogP) is 1.94. The minimum Gasteiger partial charge on any atom is -0.373 e. The van der Waals surface area contributed by atoms with E-state index in [-0.39, 0.29) is 24.7 Å². The van der Waals surface area contributed by atoms with Gasteiger partial charge in [0.25, 0.3) is 5.91 Å². The average Bonchev–Trinajstić information content (AvgIpc) is 2.97. The summed E-state index contributed by atoms with van der Waals surface area (Å²) in [5.74, 6) is -0.635. The zero-order chi connectivity index (χ0) is 23.8. The molecule has 1 aromatic rings. The molecule has 3 aliphatic heterocycles. The third-order valence-corrected chi connectivity index (χ3v) is 6.97. The molecule has 3 saturated heterocycles. The number of carbonyl (C=O) groups excluding carboxylic acids is 3. The van der Waals surface area contributed by atoms with Crippen LogP contribution in [-0.4, -0.2) is 84.0 Å². The summed E-state index contributed by atoms with van der Waals surface area (Å²) in [5, 5.41) is 2.66. The van der Waals surface area contributed by atoms with Crippen molar-refractivity contribution in [3.63, 3.8) is 0 Å². The molecule has 3 fully saturated rings. The van der Waals surface area contributed by atoms with Gasteiger partial charge in [0.15, 0.2) is 0 Å². The Morgan fingerprint density at radius 2 is 1.73 bits per heavy atom. The molecule has 0 spiro atoms. The number of likely N-dealkylation sites (tertiary alicyclic amines) is 1. The molecule has 0 bridgehead atoms. The fourth-order valence-electron chi connectivity index (χ4n) is 5.22. The van der Waals surface area contributed by atoms with Crippen molar-refractivity contribution < 1.29 is 23.5 Å². The van der Waals surface area contributed by atoms with Gasteiger partial charge in [0.2, 0.25) is 5.91 Å². The average molecular weight is 461 g/mol. The van der Waals surface area contributed by atoms with Gasteiger partial charge in [0.1, 0.15) is 17.9 Å². The first-order chi connectivity index (χ1) is 15.7. The van der Waals surface area contributed by atoms with Gasteiger partial charge >= 0.3 is 6.03 Å². The van der Waals surface area contributed by atoms with Gasteiger partial charge in [-0.2, -0.15) is 0 Å². The highest BCUT2D eigenvalue weighted by Crippen LogP contribution is 2.29. The third-order valence-electron chi connectivity index (χ3n) is 6.97. The summed E-state index contributed by atoms with van der Waals surface area (Å²) >= 11 is 0. The van der Waals surface area contributed by atoms with Gasteiger partial charge < -0.3 is 15.0 Å². The van der Waals surface area contributed by atoms with Crippen molar-refractivity contribution in [2.45, 2.75) is 51.4 Å². The lowest BCUT2D eigenvalue weighted by atomic mass is 9.92. The van der Waals surface area contributed by atoms with Gasteiger partial charge in [-0.15, -0.1) is 0 Å². The van der Waals surface area contributed by atoms with Crippen LogP contribution in [0.1, 0.15) is 39.2 Å². The zero-order valence-electron chi connectivity index (χ0n) is 19.6. The molecule has 33 heavy (non-hydrogen) atoms. The zero-order valence-corrected chi connectivity index (χ0v) is 19.6. The summed E-state index contributed by atoms with van der Waals surface area (Å²) in [6, 6.07) is 4.83. The van der Waals surface area contributed by atoms with Crippen molar-refractivity contribution in [1.82, 2.24) is 20.0 Å². The van der Waals surface area contributed by atoms with E-state index in [1.807, 2.05) is 0 Å². The SMILES string of the molecule is CC1CN(CC2CCN(C(=O)CN3C(=O)NC(C)(c4ccc(F)cc4)C3=O)CC2)CC(C)O1. The van der Waals surface area contributed by atoms with Crippen LogP contribution in [0.4, 0.5) is 9.18 Å². The van der Waals surface area contributed by atoms with Crippen LogP contribution in [0.25, 0.3) is 0 Å². The molecular formula is C24H33FN4O4. The summed E-state index contributed by atoms with van der Waals surface area (Å²) in [5.41, 5.74) is -0.838. The Morgan fingerprint density at radius 1 is 1.12 bits per heavy atom. The van der Waals surface area contributed by atoms with Gasteiger partial charge in [0.05, 0.1) is 12.2 Å². The quantitative estimate of drug-likeness (QED) is 0.680. The molecule has 180 valence electrons. The van der Waals surface area contributed by atoms with Crippen LogP contribution in [0.5, 0.6) is 0 Å². The highest BCUT2D eigenvalue weighted by molar-refractivity contribution is 6.09. The standard InChI is InChI=1S/C24H33FN4O4/c1-16-12-27(13-17(2)33-16)14-18-8-10-28(11-9-18)21(30)15-29-22(31)24(3,26-23(29)32)19-4-6-20(25)7-5-19/h4-7,16-18H,8-15H2,1-3H3,(H,26,32). The Balaban J connectivity index is 1.30. The number of nitrogens with zero attached hydrogens (tertiary/aromatic N) is 3. The number of hydrogen-bond donors (Lipinski definition) is 1. The van der Waals surface area contributed by atoms with Gasteiger partial charge in [0, 0.05) is 32.7 Å². The Kier molecular flexibility index (Phi) is 6.72. The maximum atomic E-state index is 13.3. The number of amides is 4. The summed E-state index contributed by atoms with van der Waals surface area (Å²) in [4.78, 5) is 43.6. The van der Waals surface area contributed by atoms with Crippen LogP contribution in [0.3, 0.4) is 0 Å². The first-order valence-corrected chi connectivity index (χ1v) is 11.7. The van der Waals surface area contributed by atoms with Crippen molar-refractivity contribution >= 4 is 17.8 Å². The summed E-state index contributed by atoms with van der Waals surface area (Å²) in [6.07, 6.45) is 2.28. The number of imide groups is 1. The Hall–Kier alpha value is -2.52. The highest BCUT2D eigenvalue weighted by Gasteiger charge is 2.49. The lowest BCUT2D eigenvalue weighted by Crippen LogP contribution is -2.50. The van der Waals surface area contributed by atoms with E-state index in [0.29, 0.717) is 24.6 Å². The molecule has 0 saturated carbocycles. The fraction of sp³-hybridized carbons (Fsp3) is 0.625. The molecule has 3 aliphatic rings. The number of halogens is 1. The predicted molar refractivity (Wildman–Crippen MR) is 120 cm³/mol. The van der Waals surface area contributed by atoms with Crippen molar-refractivity contribution in [1.29, 1.82) is 0 Å². The minimum atomic E-state index is -1.31. The van der Waals surface area contributed by atoms with E-state index in [9.17, 15) is 18.8 Å². The maximum Gasteiger partial charge on any atom is 0.325 e. The molecule has 0 aromatic heterocycles. The van der Waals surface area contributed by atoms with Gasteiger partial charge in [-0.25, -0.2) is 9.18 Å². The Bertz CT molecular complexity index is 892. The number of morpholine rings is 1. The van der Waals surface area contributed by atoms with Crippen molar-refractivity contribution in [2.75, 3.05) is 39.3 Å². The third kappa shape index (κ3) is 5.04. The molecule has 1 aromatic carbocycles. The van der Waals surface area contributed by atoms with Crippen molar-refractivity contribution in [2.24, 2.45) is 5.92 Å². The number of ether oxygens (including phenoxy) is 1. The molecular weight excluding hydrogens is 427 g/mol. The van der Waals surface area contributed by atoms with Crippen LogP contribution in [-0.2, 0) is 19.9 Å². The van der Waals surface area contributed by atoms with E-state index in [2.05, 4.69) is 24.1 Å². The Labute approximate surface area is 194 Å². The van der Waals surface area contributed by atoms with Crippen molar-refractivity contribution in [3.8, 4) is 0 Å². The number of nitrogens with one attached hydrogen (secondary N) is 1. The van der Waals surface area contributed by atoms with Crippen molar-refractivity contribution in [3.05, 3.63) is 35.6 Å². The number of piperidine rings is 1. The summed E-state index contributed by atoms with van der Waals surface area (Å²) in [6.45, 7) is 9.60. The molecule has 4 amide bonds. The first kappa shape index (κ1) is 23.6. The van der Waals surface area contributed by atoms with E-state index in [1.54, 1.807) is 11.8 Å². The van der Waals surface area contributed by atoms with E-state index in [0.717, 1.165) is 37.4 Å². The van der Waals surface area contributed by atoms with E-state index < -0.39 is 23.3 Å². The van der Waals surface area contributed by atoms with E-state index >= 15 is 0 Å². The molecule has 0 radical (unpaired) electrons. The number of benzene rings is 1. The second kappa shape index (κ2) is 9.38. The molecule has 4 rings (SSSR count). The van der Waals surface area contributed by atoms with E-state index in [4.69, 9.17) is 4.74 Å². The summed E-state index contributed by atoms with van der Waals surface area (Å²) in [7, 11) is 0. The van der Waals surface area contributed by atoms with Crippen LogP contribution in [0.15, 0.2) is 24.3 Å².